The van der Waals surface area contributed by atoms with Crippen LogP contribution in [0.1, 0.15) is 31.0 Å². The number of rotatable bonds is 4. The molecule has 3 aromatic rings. The van der Waals surface area contributed by atoms with E-state index in [1.807, 2.05) is 30.9 Å². The Morgan fingerprint density at radius 2 is 1.97 bits per heavy atom. The molecule has 0 unspecified atom stereocenters. The molecule has 0 saturated carbocycles. The van der Waals surface area contributed by atoms with Crippen LogP contribution in [0.4, 0.5) is 28.2 Å². The van der Waals surface area contributed by atoms with Crippen molar-refractivity contribution in [3.05, 3.63) is 29.6 Å². The van der Waals surface area contributed by atoms with Gasteiger partial charge >= 0.3 is 6.03 Å². The first kappa shape index (κ1) is 21.2. The summed E-state index contributed by atoms with van der Waals surface area (Å²) in [6, 6.07) is 3.89. The van der Waals surface area contributed by atoms with Crippen LogP contribution in [0.15, 0.2) is 18.3 Å². The van der Waals surface area contributed by atoms with Crippen LogP contribution in [0.5, 0.6) is 0 Å². The van der Waals surface area contributed by atoms with Crippen LogP contribution < -0.4 is 20.9 Å². The smallest absolute Gasteiger partial charge is 0.322 e. The lowest BCUT2D eigenvalue weighted by Crippen LogP contribution is -2.56. The van der Waals surface area contributed by atoms with E-state index in [9.17, 15) is 4.79 Å². The molecule has 5 heterocycles. The fraction of sp³-hybridized carbons (Fsp3) is 0.500. The van der Waals surface area contributed by atoms with Gasteiger partial charge in [-0.2, -0.15) is 19.6 Å². The molecule has 11 heteroatoms. The summed E-state index contributed by atoms with van der Waals surface area (Å²) >= 11 is 0. The van der Waals surface area contributed by atoms with E-state index < -0.39 is 0 Å². The zero-order chi connectivity index (χ0) is 23.1. The van der Waals surface area contributed by atoms with Crippen molar-refractivity contribution in [3.63, 3.8) is 0 Å². The van der Waals surface area contributed by atoms with Gasteiger partial charge in [0.05, 0.1) is 17.6 Å². The van der Waals surface area contributed by atoms with E-state index in [4.69, 9.17) is 5.73 Å². The first-order valence-corrected chi connectivity index (χ1v) is 11.5. The molecular formula is C22H30N10O. The quantitative estimate of drug-likeness (QED) is 0.620. The normalized spacial score (nSPS) is 18.5. The summed E-state index contributed by atoms with van der Waals surface area (Å²) in [6.45, 7) is 9.85. The Morgan fingerprint density at radius 1 is 1.15 bits per heavy atom. The van der Waals surface area contributed by atoms with E-state index in [1.165, 1.54) is 6.42 Å². The van der Waals surface area contributed by atoms with Gasteiger partial charge in [-0.3, -0.25) is 0 Å². The maximum Gasteiger partial charge on any atom is 0.322 e. The molecule has 2 aliphatic rings. The molecule has 1 atom stereocenters. The number of hydrogen-bond donors (Lipinski definition) is 2. The number of hydrogen-bond acceptors (Lipinski definition) is 8. The number of pyridine rings is 1. The lowest BCUT2D eigenvalue weighted by Gasteiger charge is -2.41. The zero-order valence-electron chi connectivity index (χ0n) is 19.3. The van der Waals surface area contributed by atoms with Crippen LogP contribution >= 0.6 is 0 Å². The molecule has 33 heavy (non-hydrogen) atoms. The number of anilines is 4. The number of nitrogens with two attached hydrogens (primary N) is 1. The molecule has 0 aliphatic carbocycles. The number of nitrogen functional groups attached to an aromatic ring is 1. The monoisotopic (exact) mass is 450 g/mol. The van der Waals surface area contributed by atoms with Gasteiger partial charge in [-0.15, -0.1) is 0 Å². The highest BCUT2D eigenvalue weighted by Gasteiger charge is 2.31. The Bertz CT molecular complexity index is 1190. The molecule has 0 spiro atoms. The second-order valence-electron chi connectivity index (χ2n) is 8.72. The maximum atomic E-state index is 13.1. The second kappa shape index (κ2) is 8.38. The second-order valence-corrected chi connectivity index (χ2v) is 8.72. The first-order valence-electron chi connectivity index (χ1n) is 11.5. The number of nitrogens with one attached hydrogen (secondary N) is 1. The fourth-order valence-electron chi connectivity index (χ4n) is 4.42. The van der Waals surface area contributed by atoms with E-state index in [0.29, 0.717) is 31.2 Å². The minimum Gasteiger partial charge on any atom is -0.368 e. The molecule has 0 bridgehead atoms. The van der Waals surface area contributed by atoms with Crippen molar-refractivity contribution in [2.45, 2.75) is 39.7 Å². The standard InChI is InChI=1S/C22H30N10O/c1-4-16-13-30(22(33)26-17-6-7-18(25-15(17)3)29-8-5-9-29)10-11-31(16)21-28-20(23)27-19-14(2)12-24-32(19)21/h6-7,12,16H,4-5,8-11,13H2,1-3H3,(H2,23,27)(H,26,33)/t16-/m0/s1. The number of urea groups is 1. The molecular weight excluding hydrogens is 420 g/mol. The summed E-state index contributed by atoms with van der Waals surface area (Å²) in [5, 5.41) is 7.49. The van der Waals surface area contributed by atoms with E-state index >= 15 is 0 Å². The number of aryl methyl sites for hydroxylation is 2. The Morgan fingerprint density at radius 3 is 2.67 bits per heavy atom. The highest BCUT2D eigenvalue weighted by atomic mass is 16.2. The Balaban J connectivity index is 1.31. The Hall–Kier alpha value is -3.63. The zero-order valence-corrected chi connectivity index (χ0v) is 19.3. The molecule has 2 saturated heterocycles. The molecule has 5 rings (SSSR count). The van der Waals surface area contributed by atoms with Crippen molar-refractivity contribution < 1.29 is 4.79 Å². The van der Waals surface area contributed by atoms with Gasteiger partial charge in [0.15, 0.2) is 5.65 Å². The van der Waals surface area contributed by atoms with Gasteiger partial charge in [-0.05, 0) is 38.8 Å². The molecule has 3 N–H and O–H groups in total. The number of nitrogens with zero attached hydrogens (tertiary/aromatic N) is 8. The number of fused-ring (bicyclic) bond motifs is 1. The van der Waals surface area contributed by atoms with Gasteiger partial charge in [0, 0.05) is 44.3 Å². The lowest BCUT2D eigenvalue weighted by molar-refractivity contribution is 0.196. The highest BCUT2D eigenvalue weighted by molar-refractivity contribution is 5.90. The van der Waals surface area contributed by atoms with E-state index in [2.05, 4.69) is 42.1 Å². The Labute approximate surface area is 192 Å². The Kier molecular flexibility index (Phi) is 5.39. The fourth-order valence-corrected chi connectivity index (χ4v) is 4.42. The highest BCUT2D eigenvalue weighted by Crippen LogP contribution is 2.25. The number of aromatic nitrogens is 5. The molecule has 0 radical (unpaired) electrons. The van der Waals surface area contributed by atoms with Gasteiger partial charge in [-0.1, -0.05) is 6.92 Å². The SMILES string of the molecule is CC[C@H]1CN(C(=O)Nc2ccc(N3CCC3)nc2C)CCN1c1nc(N)nc2c(C)cnn12. The average molecular weight is 451 g/mol. The first-order chi connectivity index (χ1) is 15.9. The van der Waals surface area contributed by atoms with Crippen molar-refractivity contribution >= 4 is 35.1 Å². The summed E-state index contributed by atoms with van der Waals surface area (Å²) in [5.41, 5.74) is 9.21. The summed E-state index contributed by atoms with van der Waals surface area (Å²) in [6.07, 6.45) is 3.82. The van der Waals surface area contributed by atoms with Crippen LogP contribution in [0.2, 0.25) is 0 Å². The van der Waals surface area contributed by atoms with Crippen molar-refractivity contribution in [3.8, 4) is 0 Å². The predicted octanol–water partition coefficient (Wildman–Crippen LogP) is 2.06. The van der Waals surface area contributed by atoms with Gasteiger partial charge in [0.1, 0.15) is 5.82 Å². The number of carbonyl (C=O) groups is 1. The van der Waals surface area contributed by atoms with Crippen molar-refractivity contribution in [1.82, 2.24) is 29.5 Å². The predicted molar refractivity (Wildman–Crippen MR) is 128 cm³/mol. The summed E-state index contributed by atoms with van der Waals surface area (Å²) in [7, 11) is 0. The summed E-state index contributed by atoms with van der Waals surface area (Å²) < 4.78 is 1.73. The van der Waals surface area contributed by atoms with Crippen LogP contribution in [0, 0.1) is 13.8 Å². The minimum atomic E-state index is -0.114. The van der Waals surface area contributed by atoms with Gasteiger partial charge in [-0.25, -0.2) is 9.78 Å². The van der Waals surface area contributed by atoms with Crippen LogP contribution in [-0.2, 0) is 0 Å². The summed E-state index contributed by atoms with van der Waals surface area (Å²) in [5.74, 6) is 1.86. The topological polar surface area (TPSA) is 121 Å². The van der Waals surface area contributed by atoms with Crippen molar-refractivity contribution in [1.29, 1.82) is 0 Å². The van der Waals surface area contributed by atoms with Crippen molar-refractivity contribution in [2.75, 3.05) is 53.6 Å². The number of piperazine rings is 1. The molecule has 2 fully saturated rings. The lowest BCUT2D eigenvalue weighted by atomic mass is 10.1. The average Bonchev–Trinajstić information content (AvgIpc) is 3.14. The molecule has 0 aromatic carbocycles. The van der Waals surface area contributed by atoms with E-state index in [-0.39, 0.29) is 18.0 Å². The van der Waals surface area contributed by atoms with Gasteiger partial charge in [0.2, 0.25) is 11.9 Å². The maximum absolute atomic E-state index is 13.1. The van der Waals surface area contributed by atoms with Gasteiger partial charge in [0.25, 0.3) is 0 Å². The molecule has 2 aliphatic heterocycles. The van der Waals surface area contributed by atoms with Crippen molar-refractivity contribution in [2.24, 2.45) is 0 Å². The third kappa shape index (κ3) is 3.87. The van der Waals surface area contributed by atoms with E-state index in [0.717, 1.165) is 42.3 Å². The number of carbonyl (C=O) groups excluding carboxylic acids is 1. The molecule has 11 nitrogen and oxygen atoms in total. The minimum absolute atomic E-state index is 0.0829. The van der Waals surface area contributed by atoms with Crippen LogP contribution in [-0.4, -0.2) is 74.3 Å². The molecule has 3 aromatic heterocycles. The van der Waals surface area contributed by atoms with Crippen LogP contribution in [0.3, 0.4) is 0 Å². The van der Waals surface area contributed by atoms with E-state index in [1.54, 1.807) is 10.7 Å². The third-order valence-electron chi connectivity index (χ3n) is 6.54. The molecule has 2 amide bonds. The summed E-state index contributed by atoms with van der Waals surface area (Å²) in [4.78, 5) is 32.8. The molecule has 174 valence electrons. The number of amides is 2. The van der Waals surface area contributed by atoms with Gasteiger partial charge < -0.3 is 25.8 Å². The largest absolute Gasteiger partial charge is 0.368 e. The van der Waals surface area contributed by atoms with Crippen LogP contribution in [0.25, 0.3) is 5.65 Å². The third-order valence-corrected chi connectivity index (χ3v) is 6.54.